The lowest BCUT2D eigenvalue weighted by Crippen LogP contribution is -2.44. The van der Waals surface area contributed by atoms with Crippen LogP contribution in [0.5, 0.6) is 0 Å². The van der Waals surface area contributed by atoms with Gasteiger partial charge in [0.1, 0.15) is 0 Å². The van der Waals surface area contributed by atoms with Crippen LogP contribution in [0, 0.1) is 20.2 Å². The summed E-state index contributed by atoms with van der Waals surface area (Å²) in [5, 5.41) is 25.4. The van der Waals surface area contributed by atoms with E-state index in [2.05, 4.69) is 10.2 Å². The van der Waals surface area contributed by atoms with Gasteiger partial charge in [0, 0.05) is 36.8 Å². The highest BCUT2D eigenvalue weighted by Gasteiger charge is 2.26. The summed E-state index contributed by atoms with van der Waals surface area (Å²) in [6, 6.07) is 9.88. The van der Waals surface area contributed by atoms with Crippen molar-refractivity contribution in [2.45, 2.75) is 6.04 Å². The number of nitro groups is 2. The van der Waals surface area contributed by atoms with Gasteiger partial charge in [0.15, 0.2) is 0 Å². The molecule has 0 aliphatic carbocycles. The number of rotatable bonds is 7. The molecule has 0 aromatic heterocycles. The second-order valence-corrected chi connectivity index (χ2v) is 7.06. The van der Waals surface area contributed by atoms with Gasteiger partial charge in [-0.1, -0.05) is 29.8 Å². The van der Waals surface area contributed by atoms with Crippen LogP contribution in [0.25, 0.3) is 0 Å². The number of nitrogens with zero attached hydrogens (tertiary/aromatic N) is 3. The van der Waals surface area contributed by atoms with E-state index in [4.69, 9.17) is 16.3 Å². The molecular weight excluding hydrogens is 416 g/mol. The Morgan fingerprint density at radius 2 is 1.70 bits per heavy atom. The van der Waals surface area contributed by atoms with E-state index in [1.807, 2.05) is 18.2 Å². The Kier molecular flexibility index (Phi) is 6.93. The topological polar surface area (TPSA) is 128 Å². The fraction of sp³-hybridized carbons (Fsp3) is 0.316. The monoisotopic (exact) mass is 434 g/mol. The molecule has 1 aliphatic rings. The molecule has 2 aromatic carbocycles. The van der Waals surface area contributed by atoms with Gasteiger partial charge < -0.3 is 10.1 Å². The summed E-state index contributed by atoms with van der Waals surface area (Å²) in [6.07, 6.45) is 0. The lowest BCUT2D eigenvalue weighted by molar-refractivity contribution is -0.394. The molecule has 0 spiro atoms. The lowest BCUT2D eigenvalue weighted by atomic mass is 10.0. The SMILES string of the molecule is O=C(NCC(c1ccccc1Cl)N1CCOCC1)c1cc([N+](=O)[O-])cc([N+](=O)[O-])c1. The average molecular weight is 435 g/mol. The number of nitrogens with one attached hydrogen (secondary N) is 1. The van der Waals surface area contributed by atoms with Crippen molar-refractivity contribution in [2.75, 3.05) is 32.8 Å². The van der Waals surface area contributed by atoms with Crippen molar-refractivity contribution in [1.82, 2.24) is 10.2 Å². The van der Waals surface area contributed by atoms with Gasteiger partial charge in [-0.3, -0.25) is 29.9 Å². The lowest BCUT2D eigenvalue weighted by Gasteiger charge is -2.35. The van der Waals surface area contributed by atoms with Crippen LogP contribution >= 0.6 is 11.6 Å². The molecule has 1 saturated heterocycles. The van der Waals surface area contributed by atoms with Crippen molar-refractivity contribution in [1.29, 1.82) is 0 Å². The third-order valence-corrected chi connectivity index (χ3v) is 5.14. The number of nitro benzene ring substituents is 2. The maximum Gasteiger partial charge on any atom is 0.277 e. The first-order valence-corrected chi connectivity index (χ1v) is 9.53. The first kappa shape index (κ1) is 21.6. The molecule has 3 rings (SSSR count). The Labute approximate surface area is 176 Å². The van der Waals surface area contributed by atoms with E-state index in [9.17, 15) is 25.0 Å². The molecule has 0 saturated carbocycles. The highest BCUT2D eigenvalue weighted by Crippen LogP contribution is 2.28. The Bertz CT molecular complexity index is 932. The van der Waals surface area contributed by atoms with Crippen molar-refractivity contribution in [3.05, 3.63) is 78.8 Å². The van der Waals surface area contributed by atoms with Gasteiger partial charge in [0.05, 0.1) is 40.7 Å². The summed E-state index contributed by atoms with van der Waals surface area (Å²) in [5.74, 6) is -0.646. The molecule has 0 radical (unpaired) electrons. The van der Waals surface area contributed by atoms with Crippen LogP contribution in [0.3, 0.4) is 0 Å². The first-order chi connectivity index (χ1) is 14.4. The predicted molar refractivity (Wildman–Crippen MR) is 109 cm³/mol. The second kappa shape index (κ2) is 9.61. The Balaban J connectivity index is 1.83. The molecule has 1 amide bonds. The molecule has 1 N–H and O–H groups in total. The van der Waals surface area contributed by atoms with Gasteiger partial charge in [0.25, 0.3) is 17.3 Å². The molecule has 11 heteroatoms. The molecule has 1 fully saturated rings. The number of benzene rings is 2. The number of amides is 1. The summed E-state index contributed by atoms with van der Waals surface area (Å²) >= 11 is 6.36. The van der Waals surface area contributed by atoms with E-state index < -0.39 is 27.1 Å². The number of ether oxygens (including phenoxy) is 1. The van der Waals surface area contributed by atoms with Gasteiger partial charge in [-0.25, -0.2) is 0 Å². The van der Waals surface area contributed by atoms with Gasteiger partial charge in [-0.05, 0) is 11.6 Å². The quantitative estimate of drug-likeness (QED) is 0.524. The van der Waals surface area contributed by atoms with Gasteiger partial charge >= 0.3 is 0 Å². The zero-order chi connectivity index (χ0) is 21.7. The predicted octanol–water partition coefficient (Wildman–Crippen LogP) is 2.96. The van der Waals surface area contributed by atoms with E-state index in [-0.39, 0.29) is 18.2 Å². The van der Waals surface area contributed by atoms with Gasteiger partial charge in [-0.15, -0.1) is 0 Å². The highest BCUT2D eigenvalue weighted by molar-refractivity contribution is 6.31. The highest BCUT2D eigenvalue weighted by atomic mass is 35.5. The van der Waals surface area contributed by atoms with E-state index in [1.54, 1.807) is 6.07 Å². The minimum Gasteiger partial charge on any atom is -0.379 e. The van der Waals surface area contributed by atoms with Crippen LogP contribution in [0.15, 0.2) is 42.5 Å². The number of carbonyl (C=O) groups excluding carboxylic acids is 1. The Hall–Kier alpha value is -3.08. The molecule has 1 unspecified atom stereocenters. The molecule has 0 bridgehead atoms. The number of hydrogen-bond acceptors (Lipinski definition) is 7. The van der Waals surface area contributed by atoms with Crippen molar-refractivity contribution < 1.29 is 19.4 Å². The van der Waals surface area contributed by atoms with Crippen LogP contribution in [-0.4, -0.2) is 53.5 Å². The summed E-state index contributed by atoms with van der Waals surface area (Å²) in [6.45, 7) is 2.55. The molecule has 2 aromatic rings. The van der Waals surface area contributed by atoms with Crippen molar-refractivity contribution in [2.24, 2.45) is 0 Å². The van der Waals surface area contributed by atoms with E-state index in [0.717, 1.165) is 23.8 Å². The fourth-order valence-corrected chi connectivity index (χ4v) is 3.56. The molecule has 30 heavy (non-hydrogen) atoms. The zero-order valence-corrected chi connectivity index (χ0v) is 16.6. The third-order valence-electron chi connectivity index (χ3n) is 4.79. The number of halogens is 1. The van der Waals surface area contributed by atoms with Gasteiger partial charge in [-0.2, -0.15) is 0 Å². The maximum atomic E-state index is 12.7. The summed E-state index contributed by atoms with van der Waals surface area (Å²) in [5.41, 5.74) is -0.377. The molecular formula is C19H19ClN4O6. The molecule has 1 atom stereocenters. The summed E-state index contributed by atoms with van der Waals surface area (Å²) in [4.78, 5) is 35.4. The third kappa shape index (κ3) is 5.09. The zero-order valence-electron chi connectivity index (χ0n) is 15.8. The molecule has 1 aliphatic heterocycles. The van der Waals surface area contributed by atoms with Crippen LogP contribution in [0.2, 0.25) is 5.02 Å². The molecule has 158 valence electrons. The minimum atomic E-state index is -0.774. The number of non-ortho nitro benzene ring substituents is 2. The standard InChI is InChI=1S/C19H19ClN4O6/c20-17-4-2-1-3-16(17)18(22-5-7-30-8-6-22)12-21-19(25)13-9-14(23(26)27)11-15(10-13)24(28)29/h1-4,9-11,18H,5-8,12H2,(H,21,25). The van der Waals surface area contributed by atoms with E-state index >= 15 is 0 Å². The Morgan fingerprint density at radius 3 is 2.27 bits per heavy atom. The van der Waals surface area contributed by atoms with E-state index in [1.165, 1.54) is 0 Å². The summed E-state index contributed by atoms with van der Waals surface area (Å²) < 4.78 is 5.39. The smallest absolute Gasteiger partial charge is 0.277 e. The fourth-order valence-electron chi connectivity index (χ4n) is 3.30. The molecule has 1 heterocycles. The normalized spacial score (nSPS) is 15.4. The van der Waals surface area contributed by atoms with E-state index in [0.29, 0.717) is 31.3 Å². The van der Waals surface area contributed by atoms with Crippen molar-refractivity contribution in [3.63, 3.8) is 0 Å². The van der Waals surface area contributed by atoms with Crippen LogP contribution in [0.1, 0.15) is 22.0 Å². The maximum absolute atomic E-state index is 12.7. The minimum absolute atomic E-state index is 0.157. The largest absolute Gasteiger partial charge is 0.379 e. The van der Waals surface area contributed by atoms with Crippen LogP contribution in [-0.2, 0) is 4.74 Å². The summed E-state index contributed by atoms with van der Waals surface area (Å²) in [7, 11) is 0. The average Bonchev–Trinajstić information content (AvgIpc) is 2.75. The first-order valence-electron chi connectivity index (χ1n) is 9.15. The second-order valence-electron chi connectivity index (χ2n) is 6.65. The number of carbonyl (C=O) groups is 1. The van der Waals surface area contributed by atoms with Crippen molar-refractivity contribution in [3.8, 4) is 0 Å². The van der Waals surface area contributed by atoms with Crippen LogP contribution < -0.4 is 5.32 Å². The Morgan fingerprint density at radius 1 is 1.10 bits per heavy atom. The van der Waals surface area contributed by atoms with Crippen LogP contribution in [0.4, 0.5) is 11.4 Å². The van der Waals surface area contributed by atoms with Gasteiger partial charge in [0.2, 0.25) is 0 Å². The van der Waals surface area contributed by atoms with Crippen molar-refractivity contribution >= 4 is 28.9 Å². The number of hydrogen-bond donors (Lipinski definition) is 1. The number of morpholine rings is 1. The molecule has 10 nitrogen and oxygen atoms in total.